The Labute approximate surface area is 91.1 Å². The van der Waals surface area contributed by atoms with Crippen molar-refractivity contribution in [1.29, 1.82) is 0 Å². The second-order valence-electron chi connectivity index (χ2n) is 4.13. The lowest BCUT2D eigenvalue weighted by Crippen LogP contribution is -2.19. The fourth-order valence-electron chi connectivity index (χ4n) is 1.25. The predicted octanol–water partition coefficient (Wildman–Crippen LogP) is 1.11. The Morgan fingerprint density at radius 3 is 2.53 bits per heavy atom. The Morgan fingerprint density at radius 2 is 2.07 bits per heavy atom. The molecule has 0 amide bonds. The fraction of sp³-hybridized carbons (Fsp3) is 0.800. The van der Waals surface area contributed by atoms with Gasteiger partial charge in [0.2, 0.25) is 0 Å². The average Bonchev–Trinajstić information content (AvgIpc) is 2.46. The maximum atomic E-state index is 5.44. The minimum absolute atomic E-state index is 0.323. The average molecular weight is 212 g/mol. The number of aryl methyl sites for hydroxylation is 1. The summed E-state index contributed by atoms with van der Waals surface area (Å²) >= 11 is 0. The summed E-state index contributed by atoms with van der Waals surface area (Å²) in [4.78, 5) is 6.30. The highest BCUT2D eigenvalue weighted by molar-refractivity contribution is 4.96. The van der Waals surface area contributed by atoms with Gasteiger partial charge in [0.05, 0.1) is 0 Å². The topological polar surface area (TPSA) is 43.2 Å². The van der Waals surface area contributed by atoms with Crippen LogP contribution in [0.1, 0.15) is 25.7 Å². The van der Waals surface area contributed by atoms with E-state index in [1.54, 1.807) is 0 Å². The standard InChI is InChI=1S/C10H20N4O/c1-8(2)14-9(3)11-10(12-14)15-7-6-13(4)5/h8H,6-7H2,1-5H3. The van der Waals surface area contributed by atoms with Crippen LogP contribution in [-0.2, 0) is 0 Å². The normalized spacial score (nSPS) is 11.4. The molecule has 0 saturated heterocycles. The molecule has 0 fully saturated rings. The maximum Gasteiger partial charge on any atom is 0.335 e. The molecule has 5 nitrogen and oxygen atoms in total. The Balaban J connectivity index is 2.52. The van der Waals surface area contributed by atoms with Crippen molar-refractivity contribution in [3.8, 4) is 6.01 Å². The van der Waals surface area contributed by atoms with Crippen LogP contribution >= 0.6 is 0 Å². The molecule has 0 spiro atoms. The van der Waals surface area contributed by atoms with Crippen molar-refractivity contribution in [2.45, 2.75) is 26.8 Å². The van der Waals surface area contributed by atoms with Gasteiger partial charge in [-0.05, 0) is 34.9 Å². The van der Waals surface area contributed by atoms with Crippen molar-refractivity contribution in [2.75, 3.05) is 27.2 Å². The lowest BCUT2D eigenvalue weighted by molar-refractivity contribution is 0.244. The molecular formula is C10H20N4O. The van der Waals surface area contributed by atoms with Crippen molar-refractivity contribution in [2.24, 2.45) is 0 Å². The summed E-state index contributed by atoms with van der Waals surface area (Å²) in [7, 11) is 4.02. The number of hydrogen-bond acceptors (Lipinski definition) is 4. The highest BCUT2D eigenvalue weighted by atomic mass is 16.5. The van der Waals surface area contributed by atoms with Crippen LogP contribution in [0.25, 0.3) is 0 Å². The number of hydrogen-bond donors (Lipinski definition) is 0. The van der Waals surface area contributed by atoms with Crippen LogP contribution in [-0.4, -0.2) is 46.9 Å². The number of aromatic nitrogens is 3. The summed E-state index contributed by atoms with van der Waals surface area (Å²) in [5.74, 6) is 0.893. The smallest absolute Gasteiger partial charge is 0.335 e. The molecular weight excluding hydrogens is 192 g/mol. The summed E-state index contributed by atoms with van der Waals surface area (Å²) in [5, 5.41) is 4.27. The van der Waals surface area contributed by atoms with E-state index in [9.17, 15) is 0 Å². The lowest BCUT2D eigenvalue weighted by atomic mass is 10.4. The number of nitrogens with zero attached hydrogens (tertiary/aromatic N) is 4. The summed E-state index contributed by atoms with van der Waals surface area (Å²) < 4.78 is 7.31. The summed E-state index contributed by atoms with van der Waals surface area (Å²) in [6, 6.07) is 0.798. The van der Waals surface area contributed by atoms with Gasteiger partial charge in [0.25, 0.3) is 0 Å². The van der Waals surface area contributed by atoms with Gasteiger partial charge in [-0.3, -0.25) is 0 Å². The molecule has 1 heterocycles. The van der Waals surface area contributed by atoms with Crippen molar-refractivity contribution in [3.05, 3.63) is 5.82 Å². The van der Waals surface area contributed by atoms with Gasteiger partial charge in [-0.15, -0.1) is 5.10 Å². The zero-order valence-corrected chi connectivity index (χ0v) is 10.2. The Bertz CT molecular complexity index is 306. The summed E-state index contributed by atoms with van der Waals surface area (Å²) in [5.41, 5.74) is 0. The molecule has 5 heteroatoms. The summed E-state index contributed by atoms with van der Waals surface area (Å²) in [6.07, 6.45) is 0. The first-order valence-electron chi connectivity index (χ1n) is 5.21. The molecule has 0 aromatic carbocycles. The Morgan fingerprint density at radius 1 is 1.40 bits per heavy atom. The van der Waals surface area contributed by atoms with E-state index in [0.717, 1.165) is 12.4 Å². The van der Waals surface area contributed by atoms with Crippen LogP contribution in [0.4, 0.5) is 0 Å². The van der Waals surface area contributed by atoms with E-state index >= 15 is 0 Å². The molecule has 0 saturated carbocycles. The fourth-order valence-corrected chi connectivity index (χ4v) is 1.25. The molecule has 1 rings (SSSR count). The third-order valence-corrected chi connectivity index (χ3v) is 2.04. The highest BCUT2D eigenvalue weighted by Gasteiger charge is 2.09. The van der Waals surface area contributed by atoms with Gasteiger partial charge in [0.1, 0.15) is 12.4 Å². The number of likely N-dealkylation sites (N-methyl/N-ethyl adjacent to an activating group) is 1. The molecule has 0 N–H and O–H groups in total. The summed E-state index contributed by atoms with van der Waals surface area (Å²) in [6.45, 7) is 7.58. The number of rotatable bonds is 5. The molecule has 0 unspecified atom stereocenters. The largest absolute Gasteiger partial charge is 0.461 e. The quantitative estimate of drug-likeness (QED) is 0.733. The molecule has 15 heavy (non-hydrogen) atoms. The monoisotopic (exact) mass is 212 g/mol. The van der Waals surface area contributed by atoms with Crippen LogP contribution in [0.5, 0.6) is 6.01 Å². The van der Waals surface area contributed by atoms with Crippen molar-refractivity contribution < 1.29 is 4.74 Å². The van der Waals surface area contributed by atoms with E-state index in [4.69, 9.17) is 4.74 Å². The molecule has 86 valence electrons. The van der Waals surface area contributed by atoms with Gasteiger partial charge in [0, 0.05) is 12.6 Å². The third kappa shape index (κ3) is 3.51. The van der Waals surface area contributed by atoms with Crippen molar-refractivity contribution in [1.82, 2.24) is 19.7 Å². The van der Waals surface area contributed by atoms with Gasteiger partial charge in [-0.25, -0.2) is 4.68 Å². The molecule has 1 aromatic rings. The third-order valence-electron chi connectivity index (χ3n) is 2.04. The van der Waals surface area contributed by atoms with Crippen molar-refractivity contribution >= 4 is 0 Å². The second-order valence-corrected chi connectivity index (χ2v) is 4.13. The minimum atomic E-state index is 0.323. The molecule has 0 aliphatic rings. The number of ether oxygens (including phenoxy) is 1. The van der Waals surface area contributed by atoms with Gasteiger partial charge >= 0.3 is 6.01 Å². The van der Waals surface area contributed by atoms with Gasteiger partial charge in [-0.1, -0.05) is 0 Å². The minimum Gasteiger partial charge on any atom is -0.461 e. The molecule has 0 radical (unpaired) electrons. The van der Waals surface area contributed by atoms with E-state index in [0.29, 0.717) is 18.7 Å². The molecule has 0 aliphatic carbocycles. The van der Waals surface area contributed by atoms with E-state index in [-0.39, 0.29) is 0 Å². The molecule has 0 bridgehead atoms. The van der Waals surface area contributed by atoms with E-state index in [2.05, 4.69) is 28.8 Å². The van der Waals surface area contributed by atoms with Crippen molar-refractivity contribution in [3.63, 3.8) is 0 Å². The molecule has 0 aliphatic heterocycles. The zero-order valence-electron chi connectivity index (χ0n) is 10.2. The maximum absolute atomic E-state index is 5.44. The highest BCUT2D eigenvalue weighted by Crippen LogP contribution is 2.10. The molecule has 1 aromatic heterocycles. The van der Waals surface area contributed by atoms with E-state index < -0.39 is 0 Å². The lowest BCUT2D eigenvalue weighted by Gasteiger charge is -2.08. The van der Waals surface area contributed by atoms with Gasteiger partial charge < -0.3 is 9.64 Å². The first-order valence-corrected chi connectivity index (χ1v) is 5.21. The Hall–Kier alpha value is -1.10. The van der Waals surface area contributed by atoms with Crippen LogP contribution in [0.3, 0.4) is 0 Å². The van der Waals surface area contributed by atoms with E-state index in [1.807, 2.05) is 25.7 Å². The van der Waals surface area contributed by atoms with Crippen LogP contribution < -0.4 is 4.74 Å². The van der Waals surface area contributed by atoms with Crippen LogP contribution in [0, 0.1) is 6.92 Å². The first-order chi connectivity index (χ1) is 7.00. The zero-order chi connectivity index (χ0) is 11.4. The molecule has 0 atom stereocenters. The van der Waals surface area contributed by atoms with Crippen LogP contribution in [0.2, 0.25) is 0 Å². The second kappa shape index (κ2) is 5.11. The predicted molar refractivity (Wildman–Crippen MR) is 59.2 cm³/mol. The van der Waals surface area contributed by atoms with Gasteiger partial charge in [0.15, 0.2) is 0 Å². The van der Waals surface area contributed by atoms with Crippen LogP contribution in [0.15, 0.2) is 0 Å². The SMILES string of the molecule is Cc1nc(OCCN(C)C)nn1C(C)C. The first kappa shape index (κ1) is 12.0. The van der Waals surface area contributed by atoms with E-state index in [1.165, 1.54) is 0 Å². The van der Waals surface area contributed by atoms with Gasteiger partial charge in [-0.2, -0.15) is 4.98 Å². The Kier molecular flexibility index (Phi) is 4.08.